The van der Waals surface area contributed by atoms with Crippen molar-refractivity contribution in [2.75, 3.05) is 5.73 Å². The minimum absolute atomic E-state index is 0.0247. The van der Waals surface area contributed by atoms with Crippen LogP contribution in [0.1, 0.15) is 56.0 Å². The van der Waals surface area contributed by atoms with Crippen LogP contribution < -0.4 is 11.1 Å². The monoisotopic (exact) mass is 461 g/mol. The van der Waals surface area contributed by atoms with Gasteiger partial charge in [-0.15, -0.1) is 0 Å². The molecule has 0 aliphatic rings. The van der Waals surface area contributed by atoms with E-state index >= 15 is 0 Å². The standard InChI is InChI=1S/C27H32FN5O/c1-17(2)7-6-8-18(3)30-27(34)23-24-26(32-22-10-5-4-9-21(22)31-24)33(25(23)29)16-15-19-11-13-20(28)14-12-19/h4-5,9-14,17-18H,6-8,15-16,29H2,1-3H3,(H,30,34)/t18-/m1/s1. The number of aromatic nitrogens is 3. The lowest BCUT2D eigenvalue weighted by atomic mass is 10.0. The maximum Gasteiger partial charge on any atom is 0.257 e. The number of halogens is 1. The Labute approximate surface area is 199 Å². The Balaban J connectivity index is 1.67. The van der Waals surface area contributed by atoms with Crippen LogP contribution in [0.25, 0.3) is 22.2 Å². The third kappa shape index (κ3) is 5.19. The number of hydrogen-bond acceptors (Lipinski definition) is 4. The predicted octanol–water partition coefficient (Wildman–Crippen LogP) is 5.49. The molecule has 34 heavy (non-hydrogen) atoms. The average molecular weight is 462 g/mol. The fourth-order valence-electron chi connectivity index (χ4n) is 4.26. The molecule has 0 aliphatic carbocycles. The summed E-state index contributed by atoms with van der Waals surface area (Å²) in [5, 5.41) is 3.10. The highest BCUT2D eigenvalue weighted by Gasteiger charge is 2.24. The maximum atomic E-state index is 13.3. The van der Waals surface area contributed by atoms with Crippen molar-refractivity contribution in [3.05, 3.63) is 65.5 Å². The van der Waals surface area contributed by atoms with Crippen LogP contribution in [0.5, 0.6) is 0 Å². The second kappa shape index (κ2) is 10.2. The molecule has 1 amide bonds. The number of para-hydroxylation sites is 2. The van der Waals surface area contributed by atoms with Gasteiger partial charge >= 0.3 is 0 Å². The van der Waals surface area contributed by atoms with Crippen molar-refractivity contribution in [1.29, 1.82) is 0 Å². The van der Waals surface area contributed by atoms with E-state index in [0.29, 0.717) is 46.9 Å². The summed E-state index contributed by atoms with van der Waals surface area (Å²) < 4.78 is 15.1. The number of nitrogens with two attached hydrogens (primary N) is 1. The van der Waals surface area contributed by atoms with Gasteiger partial charge in [0.1, 0.15) is 22.7 Å². The molecule has 3 N–H and O–H groups in total. The Morgan fingerprint density at radius 3 is 2.38 bits per heavy atom. The molecule has 0 fully saturated rings. The number of carbonyl (C=O) groups excluding carboxylic acids is 1. The van der Waals surface area contributed by atoms with E-state index in [1.54, 1.807) is 12.1 Å². The molecule has 0 saturated heterocycles. The number of anilines is 1. The van der Waals surface area contributed by atoms with E-state index < -0.39 is 0 Å². The number of carbonyl (C=O) groups is 1. The van der Waals surface area contributed by atoms with E-state index in [4.69, 9.17) is 15.7 Å². The molecule has 1 atom stereocenters. The summed E-state index contributed by atoms with van der Waals surface area (Å²) in [7, 11) is 0. The van der Waals surface area contributed by atoms with Crippen molar-refractivity contribution >= 4 is 33.9 Å². The lowest BCUT2D eigenvalue weighted by molar-refractivity contribution is 0.0940. The van der Waals surface area contributed by atoms with Crippen molar-refractivity contribution in [2.45, 2.75) is 59.0 Å². The lowest BCUT2D eigenvalue weighted by Crippen LogP contribution is -2.33. The molecule has 6 nitrogen and oxygen atoms in total. The van der Waals surface area contributed by atoms with Gasteiger partial charge < -0.3 is 15.6 Å². The van der Waals surface area contributed by atoms with Gasteiger partial charge in [0.05, 0.1) is 11.0 Å². The third-order valence-corrected chi connectivity index (χ3v) is 6.15. The van der Waals surface area contributed by atoms with Crippen molar-refractivity contribution in [3.8, 4) is 0 Å². The number of benzene rings is 2. The Bertz CT molecular complexity index is 1300. The maximum absolute atomic E-state index is 13.3. The molecule has 2 heterocycles. The molecule has 178 valence electrons. The van der Waals surface area contributed by atoms with Gasteiger partial charge in [-0.05, 0) is 55.5 Å². The summed E-state index contributed by atoms with van der Waals surface area (Å²) in [5.41, 5.74) is 10.4. The summed E-state index contributed by atoms with van der Waals surface area (Å²) in [4.78, 5) is 22.9. The van der Waals surface area contributed by atoms with Crippen LogP contribution in [0.4, 0.5) is 10.2 Å². The van der Waals surface area contributed by atoms with Gasteiger partial charge in [0, 0.05) is 12.6 Å². The van der Waals surface area contributed by atoms with E-state index in [9.17, 15) is 9.18 Å². The molecule has 2 aromatic carbocycles. The quantitative estimate of drug-likeness (QED) is 0.345. The van der Waals surface area contributed by atoms with Crippen LogP contribution in [0, 0.1) is 11.7 Å². The fourth-order valence-corrected chi connectivity index (χ4v) is 4.26. The van der Waals surface area contributed by atoms with Gasteiger partial charge in [-0.1, -0.05) is 51.0 Å². The SMILES string of the molecule is CC(C)CCC[C@@H](C)NC(=O)c1c(N)n(CCc2ccc(F)cc2)c2nc3ccccc3nc12. The largest absolute Gasteiger partial charge is 0.384 e. The third-order valence-electron chi connectivity index (χ3n) is 6.15. The summed E-state index contributed by atoms with van der Waals surface area (Å²) in [5.74, 6) is 0.485. The first-order valence-electron chi connectivity index (χ1n) is 11.9. The van der Waals surface area contributed by atoms with E-state index in [2.05, 4.69) is 19.2 Å². The zero-order chi connectivity index (χ0) is 24.2. The first kappa shape index (κ1) is 23.7. The molecule has 0 unspecified atom stereocenters. The molecule has 2 aromatic heterocycles. The molecule has 4 aromatic rings. The van der Waals surface area contributed by atoms with Crippen molar-refractivity contribution in [2.24, 2.45) is 5.92 Å². The molecule has 0 bridgehead atoms. The van der Waals surface area contributed by atoms with Gasteiger partial charge in [0.15, 0.2) is 5.65 Å². The fraction of sp³-hybridized carbons (Fsp3) is 0.370. The molecule has 0 saturated carbocycles. The Morgan fingerprint density at radius 2 is 1.71 bits per heavy atom. The van der Waals surface area contributed by atoms with Crippen LogP contribution in [0.2, 0.25) is 0 Å². The topological polar surface area (TPSA) is 85.8 Å². The number of amides is 1. The van der Waals surface area contributed by atoms with E-state index in [1.807, 2.05) is 35.8 Å². The van der Waals surface area contributed by atoms with Gasteiger partial charge in [0.2, 0.25) is 0 Å². The second-order valence-corrected chi connectivity index (χ2v) is 9.37. The number of rotatable bonds is 9. The number of nitrogens with zero attached hydrogens (tertiary/aromatic N) is 3. The molecule has 0 spiro atoms. The normalized spacial score (nSPS) is 12.5. The minimum Gasteiger partial charge on any atom is -0.384 e. The number of aryl methyl sites for hydroxylation is 2. The summed E-state index contributed by atoms with van der Waals surface area (Å²) in [6, 6.07) is 14.0. The number of nitrogen functional groups attached to an aromatic ring is 1. The first-order chi connectivity index (χ1) is 16.3. The van der Waals surface area contributed by atoms with Crippen LogP contribution >= 0.6 is 0 Å². The highest BCUT2D eigenvalue weighted by Crippen LogP contribution is 2.28. The van der Waals surface area contributed by atoms with Crippen LogP contribution in [-0.4, -0.2) is 26.5 Å². The van der Waals surface area contributed by atoms with Gasteiger partial charge in [-0.25, -0.2) is 14.4 Å². The molecular weight excluding hydrogens is 429 g/mol. The molecule has 4 rings (SSSR count). The average Bonchev–Trinajstić information content (AvgIpc) is 3.07. The first-order valence-corrected chi connectivity index (χ1v) is 11.9. The van der Waals surface area contributed by atoms with Crippen LogP contribution in [0.15, 0.2) is 48.5 Å². The van der Waals surface area contributed by atoms with E-state index in [-0.39, 0.29) is 17.8 Å². The van der Waals surface area contributed by atoms with E-state index in [1.165, 1.54) is 12.1 Å². The summed E-state index contributed by atoms with van der Waals surface area (Å²) in [6.07, 6.45) is 3.71. The van der Waals surface area contributed by atoms with E-state index in [0.717, 1.165) is 30.3 Å². The van der Waals surface area contributed by atoms with Gasteiger partial charge in [-0.3, -0.25) is 4.79 Å². The number of hydrogen-bond donors (Lipinski definition) is 2. The summed E-state index contributed by atoms with van der Waals surface area (Å²) in [6.45, 7) is 6.92. The van der Waals surface area contributed by atoms with Crippen LogP contribution in [-0.2, 0) is 13.0 Å². The summed E-state index contributed by atoms with van der Waals surface area (Å²) >= 11 is 0. The number of nitrogens with one attached hydrogen (secondary N) is 1. The lowest BCUT2D eigenvalue weighted by Gasteiger charge is -2.14. The van der Waals surface area contributed by atoms with Crippen molar-refractivity contribution < 1.29 is 9.18 Å². The highest BCUT2D eigenvalue weighted by molar-refractivity contribution is 6.10. The second-order valence-electron chi connectivity index (χ2n) is 9.37. The van der Waals surface area contributed by atoms with Crippen LogP contribution in [0.3, 0.4) is 0 Å². The van der Waals surface area contributed by atoms with Crippen molar-refractivity contribution in [1.82, 2.24) is 19.9 Å². The zero-order valence-corrected chi connectivity index (χ0v) is 20.0. The zero-order valence-electron chi connectivity index (χ0n) is 20.0. The van der Waals surface area contributed by atoms with Gasteiger partial charge in [-0.2, -0.15) is 0 Å². The number of fused-ring (bicyclic) bond motifs is 2. The Morgan fingerprint density at radius 1 is 1.03 bits per heavy atom. The Kier molecular flexibility index (Phi) is 7.10. The Hall–Kier alpha value is -3.48. The molecule has 7 heteroatoms. The molecule has 0 aliphatic heterocycles. The highest BCUT2D eigenvalue weighted by atomic mass is 19.1. The molecular formula is C27H32FN5O. The predicted molar refractivity (Wildman–Crippen MR) is 135 cm³/mol. The smallest absolute Gasteiger partial charge is 0.257 e. The minimum atomic E-state index is -0.270. The van der Waals surface area contributed by atoms with Crippen molar-refractivity contribution in [3.63, 3.8) is 0 Å². The molecule has 0 radical (unpaired) electrons. The van der Waals surface area contributed by atoms with Gasteiger partial charge in [0.25, 0.3) is 5.91 Å².